The highest BCUT2D eigenvalue weighted by atomic mass is 35.5. The Balaban J connectivity index is 2.20. The van der Waals surface area contributed by atoms with Crippen LogP contribution in [0.2, 0.25) is 5.15 Å². The van der Waals surface area contributed by atoms with Gasteiger partial charge in [0.05, 0.1) is 12.8 Å². The van der Waals surface area contributed by atoms with Crippen LogP contribution in [0.25, 0.3) is 0 Å². The first-order valence-electron chi connectivity index (χ1n) is 5.61. The van der Waals surface area contributed by atoms with E-state index < -0.39 is 0 Å². The molecule has 0 atom stereocenters. The number of rotatable bonds is 4. The summed E-state index contributed by atoms with van der Waals surface area (Å²) < 4.78 is 6.43. The van der Waals surface area contributed by atoms with Crippen molar-refractivity contribution in [3.63, 3.8) is 0 Å². The van der Waals surface area contributed by atoms with Crippen molar-refractivity contribution in [2.75, 3.05) is 7.11 Å². The van der Waals surface area contributed by atoms with E-state index in [0.29, 0.717) is 16.6 Å². The van der Waals surface area contributed by atoms with Crippen LogP contribution < -0.4 is 4.74 Å². The Morgan fingerprint density at radius 3 is 2.63 bits per heavy atom. The van der Waals surface area contributed by atoms with Gasteiger partial charge in [-0.05, 0) is 13.0 Å². The van der Waals surface area contributed by atoms with Crippen LogP contribution in [0, 0.1) is 6.92 Å². The fourth-order valence-electron chi connectivity index (χ4n) is 1.70. The van der Waals surface area contributed by atoms with Crippen molar-refractivity contribution in [3.05, 3.63) is 34.2 Å². The zero-order valence-corrected chi connectivity index (χ0v) is 11.6. The summed E-state index contributed by atoms with van der Waals surface area (Å²) in [6.07, 6.45) is 0.152. The highest BCUT2D eigenvalue weighted by Crippen LogP contribution is 2.20. The fraction of sp³-hybridized carbons (Fsp3) is 0.333. The van der Waals surface area contributed by atoms with Crippen LogP contribution in [-0.4, -0.2) is 32.9 Å². The van der Waals surface area contributed by atoms with Gasteiger partial charge in [-0.25, -0.2) is 0 Å². The maximum atomic E-state index is 12.1. The van der Waals surface area contributed by atoms with E-state index in [1.807, 2.05) is 6.92 Å². The largest absolute Gasteiger partial charge is 0.480 e. The van der Waals surface area contributed by atoms with Crippen molar-refractivity contribution < 1.29 is 9.53 Å². The minimum absolute atomic E-state index is 0.152. The summed E-state index contributed by atoms with van der Waals surface area (Å²) in [7, 11) is 3.22. The molecule has 2 heterocycles. The molecule has 0 aliphatic rings. The predicted molar refractivity (Wildman–Crippen MR) is 69.6 cm³/mol. The van der Waals surface area contributed by atoms with E-state index in [9.17, 15) is 4.79 Å². The summed E-state index contributed by atoms with van der Waals surface area (Å²) in [6.45, 7) is 1.81. The molecule has 0 unspecified atom stereocenters. The summed E-state index contributed by atoms with van der Waals surface area (Å²) in [5, 5.41) is 12.2. The molecule has 19 heavy (non-hydrogen) atoms. The molecule has 100 valence electrons. The second-order valence-electron chi connectivity index (χ2n) is 4.04. The van der Waals surface area contributed by atoms with Gasteiger partial charge < -0.3 is 4.74 Å². The van der Waals surface area contributed by atoms with Crippen molar-refractivity contribution in [1.82, 2.24) is 20.0 Å². The number of ether oxygens (including phenoxy) is 1. The molecule has 0 aliphatic heterocycles. The lowest BCUT2D eigenvalue weighted by atomic mass is 10.1. The lowest BCUT2D eigenvalue weighted by Crippen LogP contribution is -2.08. The van der Waals surface area contributed by atoms with Gasteiger partial charge in [0.2, 0.25) is 5.88 Å². The van der Waals surface area contributed by atoms with E-state index in [1.54, 1.807) is 23.9 Å². The SMILES string of the molecule is COc1ccc(C(=O)Cc2c(C)nn(C)c2Cl)nn1. The second-order valence-corrected chi connectivity index (χ2v) is 4.40. The number of methoxy groups -OCH3 is 1. The van der Waals surface area contributed by atoms with Crippen LogP contribution in [0.4, 0.5) is 0 Å². The number of carbonyl (C=O) groups is 1. The van der Waals surface area contributed by atoms with Crippen LogP contribution in [0.1, 0.15) is 21.7 Å². The van der Waals surface area contributed by atoms with Crippen molar-refractivity contribution >= 4 is 17.4 Å². The van der Waals surface area contributed by atoms with Crippen LogP contribution in [-0.2, 0) is 13.5 Å². The van der Waals surface area contributed by atoms with Crippen molar-refractivity contribution in [2.45, 2.75) is 13.3 Å². The predicted octanol–water partition coefficient (Wildman–Crippen LogP) is 1.61. The topological polar surface area (TPSA) is 69.9 Å². The van der Waals surface area contributed by atoms with E-state index >= 15 is 0 Å². The van der Waals surface area contributed by atoms with E-state index in [0.717, 1.165) is 5.69 Å². The number of hydrogen-bond donors (Lipinski definition) is 0. The van der Waals surface area contributed by atoms with Gasteiger partial charge in [0, 0.05) is 25.1 Å². The van der Waals surface area contributed by atoms with E-state index in [4.69, 9.17) is 16.3 Å². The summed E-state index contributed by atoms with van der Waals surface area (Å²) >= 11 is 6.09. The Hall–Kier alpha value is -1.95. The van der Waals surface area contributed by atoms with Crippen LogP contribution in [0.3, 0.4) is 0 Å². The van der Waals surface area contributed by atoms with Gasteiger partial charge in [0.1, 0.15) is 10.8 Å². The molecule has 2 rings (SSSR count). The zero-order valence-electron chi connectivity index (χ0n) is 10.8. The summed E-state index contributed by atoms with van der Waals surface area (Å²) in [6, 6.07) is 3.17. The third-order valence-electron chi connectivity index (χ3n) is 2.74. The summed E-state index contributed by atoms with van der Waals surface area (Å²) in [4.78, 5) is 12.1. The summed E-state index contributed by atoms with van der Waals surface area (Å²) in [5.74, 6) is 0.209. The van der Waals surface area contributed by atoms with Gasteiger partial charge in [-0.3, -0.25) is 9.48 Å². The number of halogens is 1. The number of aromatic nitrogens is 4. The van der Waals surface area contributed by atoms with Crippen LogP contribution in [0.5, 0.6) is 5.88 Å². The second kappa shape index (κ2) is 5.36. The molecule has 0 bridgehead atoms. The molecule has 0 saturated heterocycles. The molecule has 6 nitrogen and oxygen atoms in total. The van der Waals surface area contributed by atoms with E-state index in [1.165, 1.54) is 7.11 Å². The molecule has 0 amide bonds. The molecular weight excluding hydrogens is 268 g/mol. The van der Waals surface area contributed by atoms with Crippen LogP contribution in [0.15, 0.2) is 12.1 Å². The van der Waals surface area contributed by atoms with Crippen molar-refractivity contribution in [1.29, 1.82) is 0 Å². The minimum Gasteiger partial charge on any atom is -0.480 e. The molecule has 0 saturated carbocycles. The number of Topliss-reactive ketones (excluding diaryl/α,β-unsaturated/α-hetero) is 1. The van der Waals surface area contributed by atoms with Gasteiger partial charge in [0.15, 0.2) is 5.78 Å². The highest BCUT2D eigenvalue weighted by molar-refractivity contribution is 6.30. The lowest BCUT2D eigenvalue weighted by molar-refractivity contribution is 0.0987. The number of aryl methyl sites for hydroxylation is 2. The average Bonchev–Trinajstić information content (AvgIpc) is 2.65. The van der Waals surface area contributed by atoms with Crippen LogP contribution >= 0.6 is 11.6 Å². The maximum absolute atomic E-state index is 12.1. The normalized spacial score (nSPS) is 10.5. The van der Waals surface area contributed by atoms with Gasteiger partial charge >= 0.3 is 0 Å². The smallest absolute Gasteiger partial charge is 0.233 e. The first-order chi connectivity index (χ1) is 9.02. The van der Waals surface area contributed by atoms with Crippen molar-refractivity contribution in [3.8, 4) is 5.88 Å². The van der Waals surface area contributed by atoms with Gasteiger partial charge in [-0.2, -0.15) is 5.10 Å². The van der Waals surface area contributed by atoms with Gasteiger partial charge in [-0.15, -0.1) is 10.2 Å². The minimum atomic E-state index is -0.159. The molecule has 0 N–H and O–H groups in total. The molecule has 0 aliphatic carbocycles. The number of carbonyl (C=O) groups excluding carboxylic acids is 1. The first-order valence-corrected chi connectivity index (χ1v) is 5.99. The molecule has 0 radical (unpaired) electrons. The number of nitrogens with zero attached hydrogens (tertiary/aromatic N) is 4. The Kier molecular flexibility index (Phi) is 3.80. The average molecular weight is 281 g/mol. The quantitative estimate of drug-likeness (QED) is 0.796. The molecule has 2 aromatic rings. The summed E-state index contributed by atoms with van der Waals surface area (Å²) in [5.41, 5.74) is 1.73. The van der Waals surface area contributed by atoms with E-state index in [-0.39, 0.29) is 17.9 Å². The van der Waals surface area contributed by atoms with E-state index in [2.05, 4.69) is 15.3 Å². The number of hydrogen-bond acceptors (Lipinski definition) is 5. The van der Waals surface area contributed by atoms with Gasteiger partial charge in [-0.1, -0.05) is 11.6 Å². The fourth-order valence-corrected chi connectivity index (χ4v) is 1.94. The van der Waals surface area contributed by atoms with Crippen molar-refractivity contribution in [2.24, 2.45) is 7.05 Å². The zero-order chi connectivity index (χ0) is 14.0. The standard InChI is InChI=1S/C12H13ClN4O2/c1-7-8(12(13)17(2)16-7)6-10(18)9-4-5-11(19-3)15-14-9/h4-5H,6H2,1-3H3. The molecule has 0 fully saturated rings. The molecule has 0 aromatic carbocycles. The molecule has 0 spiro atoms. The Morgan fingerprint density at radius 1 is 1.42 bits per heavy atom. The molecule has 7 heteroatoms. The van der Waals surface area contributed by atoms with Gasteiger partial charge in [0.25, 0.3) is 0 Å². The maximum Gasteiger partial charge on any atom is 0.233 e. The highest BCUT2D eigenvalue weighted by Gasteiger charge is 2.17. The molecule has 2 aromatic heterocycles. The Bertz CT molecular complexity index is 607. The Labute approximate surface area is 115 Å². The third kappa shape index (κ3) is 2.73. The monoisotopic (exact) mass is 280 g/mol. The number of ketones is 1. The lowest BCUT2D eigenvalue weighted by Gasteiger charge is -2.01. The third-order valence-corrected chi connectivity index (χ3v) is 3.21. The Morgan fingerprint density at radius 2 is 2.16 bits per heavy atom. The molecular formula is C12H13ClN4O2. The first kappa shape index (κ1) is 13.5.